The molecule has 0 fully saturated rings. The molecule has 0 spiro atoms. The average molecular weight is 355 g/mol. The Morgan fingerprint density at radius 2 is 1.73 bits per heavy atom. The maximum absolute atomic E-state index is 12.2. The zero-order chi connectivity index (χ0) is 18.9. The van der Waals surface area contributed by atoms with E-state index in [0.29, 0.717) is 13.2 Å². The number of ether oxygens (including phenoxy) is 2. The molecule has 0 bridgehead atoms. The van der Waals surface area contributed by atoms with Crippen LogP contribution in [0.5, 0.6) is 11.5 Å². The molecule has 1 atom stereocenters. The molecule has 2 aromatic carbocycles. The van der Waals surface area contributed by atoms with Crippen LogP contribution in [0.1, 0.15) is 37.0 Å². The number of carbonyl (C=O) groups is 1. The first-order valence-electron chi connectivity index (χ1n) is 9.23. The van der Waals surface area contributed by atoms with Crippen LogP contribution in [0.3, 0.4) is 0 Å². The third-order valence-electron chi connectivity index (χ3n) is 4.34. The van der Waals surface area contributed by atoms with E-state index in [1.807, 2.05) is 44.2 Å². The highest BCUT2D eigenvalue weighted by Gasteiger charge is 2.14. The molecule has 2 aromatic rings. The third kappa shape index (κ3) is 6.10. The molecule has 0 aliphatic carbocycles. The second-order valence-corrected chi connectivity index (χ2v) is 6.48. The maximum Gasteiger partial charge on any atom is 0.260 e. The van der Waals surface area contributed by atoms with Gasteiger partial charge in [0, 0.05) is 6.54 Å². The van der Waals surface area contributed by atoms with Crippen molar-refractivity contribution in [1.29, 1.82) is 0 Å². The normalized spacial score (nSPS) is 11.7. The third-order valence-corrected chi connectivity index (χ3v) is 4.34. The Morgan fingerprint density at radius 1 is 1.04 bits per heavy atom. The van der Waals surface area contributed by atoms with Crippen molar-refractivity contribution in [3.05, 3.63) is 59.2 Å². The monoisotopic (exact) mass is 355 g/mol. The summed E-state index contributed by atoms with van der Waals surface area (Å²) in [6, 6.07) is 14.0. The molecular weight excluding hydrogens is 326 g/mol. The molecule has 1 amide bonds. The Labute approximate surface area is 156 Å². The van der Waals surface area contributed by atoms with Crippen molar-refractivity contribution in [1.82, 2.24) is 5.32 Å². The average Bonchev–Trinajstić information content (AvgIpc) is 2.63. The van der Waals surface area contributed by atoms with Gasteiger partial charge in [-0.1, -0.05) is 18.2 Å². The summed E-state index contributed by atoms with van der Waals surface area (Å²) in [6.07, 6.45) is 1.29. The summed E-state index contributed by atoms with van der Waals surface area (Å²) in [5.74, 6) is 1.53. The predicted octanol–water partition coefficient (Wildman–Crippen LogP) is 4.22. The predicted molar refractivity (Wildman–Crippen MR) is 105 cm³/mol. The van der Waals surface area contributed by atoms with Gasteiger partial charge < -0.3 is 14.8 Å². The Morgan fingerprint density at radius 3 is 2.38 bits per heavy atom. The number of benzene rings is 2. The van der Waals surface area contributed by atoms with Crippen molar-refractivity contribution in [2.45, 2.75) is 46.6 Å². The van der Waals surface area contributed by atoms with E-state index in [0.717, 1.165) is 29.9 Å². The second kappa shape index (κ2) is 9.85. The van der Waals surface area contributed by atoms with Crippen molar-refractivity contribution in [2.75, 3.05) is 13.2 Å². The summed E-state index contributed by atoms with van der Waals surface area (Å²) in [7, 11) is 0. The van der Waals surface area contributed by atoms with E-state index in [2.05, 4.69) is 24.4 Å². The summed E-state index contributed by atoms with van der Waals surface area (Å²) in [5.41, 5.74) is 3.61. The van der Waals surface area contributed by atoms with Gasteiger partial charge in [0.05, 0.1) is 6.61 Å². The number of aryl methyl sites for hydroxylation is 3. The van der Waals surface area contributed by atoms with Gasteiger partial charge in [0.1, 0.15) is 11.5 Å². The zero-order valence-corrected chi connectivity index (χ0v) is 16.2. The van der Waals surface area contributed by atoms with Crippen LogP contribution in [0.4, 0.5) is 0 Å². The molecule has 140 valence electrons. The van der Waals surface area contributed by atoms with Crippen LogP contribution >= 0.6 is 0 Å². The Kier molecular flexibility index (Phi) is 7.52. The van der Waals surface area contributed by atoms with Crippen LogP contribution in [0.15, 0.2) is 42.5 Å². The van der Waals surface area contributed by atoms with Crippen LogP contribution in [-0.2, 0) is 11.2 Å². The lowest BCUT2D eigenvalue weighted by Crippen LogP contribution is -2.36. The fourth-order valence-electron chi connectivity index (χ4n) is 2.61. The minimum atomic E-state index is -0.511. The van der Waals surface area contributed by atoms with Crippen LogP contribution in [-0.4, -0.2) is 25.2 Å². The van der Waals surface area contributed by atoms with E-state index in [9.17, 15) is 4.79 Å². The molecule has 1 unspecified atom stereocenters. The summed E-state index contributed by atoms with van der Waals surface area (Å²) < 4.78 is 11.2. The molecule has 0 saturated carbocycles. The van der Waals surface area contributed by atoms with Crippen molar-refractivity contribution in [3.8, 4) is 11.5 Å². The molecule has 1 N–H and O–H groups in total. The first-order chi connectivity index (χ1) is 12.5. The second-order valence-electron chi connectivity index (χ2n) is 6.48. The van der Waals surface area contributed by atoms with Gasteiger partial charge in [-0.3, -0.25) is 4.79 Å². The molecule has 4 nitrogen and oxygen atoms in total. The Bertz CT molecular complexity index is 710. The van der Waals surface area contributed by atoms with Gasteiger partial charge in [-0.05, 0) is 81.5 Å². The lowest BCUT2D eigenvalue weighted by atomic mass is 10.1. The first kappa shape index (κ1) is 19.8. The number of rotatable bonds is 9. The van der Waals surface area contributed by atoms with Gasteiger partial charge in [0.15, 0.2) is 6.10 Å². The standard InChI is InChI=1S/C22H29NO3/c1-5-25-20-12-9-19(10-13-20)7-6-14-23-22(24)18(4)26-21-11-8-16(2)17(3)15-21/h8-13,15,18H,5-7,14H2,1-4H3,(H,23,24). The fourth-order valence-corrected chi connectivity index (χ4v) is 2.61. The van der Waals surface area contributed by atoms with Gasteiger partial charge in [-0.15, -0.1) is 0 Å². The lowest BCUT2D eigenvalue weighted by Gasteiger charge is -2.15. The quantitative estimate of drug-likeness (QED) is 0.685. The van der Waals surface area contributed by atoms with Crippen LogP contribution in [0.2, 0.25) is 0 Å². The minimum Gasteiger partial charge on any atom is -0.494 e. The van der Waals surface area contributed by atoms with E-state index < -0.39 is 6.10 Å². The number of carbonyl (C=O) groups excluding carboxylic acids is 1. The first-order valence-corrected chi connectivity index (χ1v) is 9.23. The number of hydrogen-bond acceptors (Lipinski definition) is 3. The summed E-state index contributed by atoms with van der Waals surface area (Å²) in [4.78, 5) is 12.2. The summed E-state index contributed by atoms with van der Waals surface area (Å²) in [5, 5.41) is 2.94. The molecule has 0 aliphatic heterocycles. The number of hydrogen-bond donors (Lipinski definition) is 1. The molecular formula is C22H29NO3. The Hall–Kier alpha value is -2.49. The van der Waals surface area contributed by atoms with Crippen LogP contribution in [0.25, 0.3) is 0 Å². The van der Waals surface area contributed by atoms with E-state index in [-0.39, 0.29) is 5.91 Å². The Balaban J connectivity index is 1.71. The number of nitrogens with one attached hydrogen (secondary N) is 1. The molecule has 0 aromatic heterocycles. The van der Waals surface area contributed by atoms with Gasteiger partial charge in [-0.25, -0.2) is 0 Å². The molecule has 0 radical (unpaired) electrons. The fraction of sp³-hybridized carbons (Fsp3) is 0.409. The van der Waals surface area contributed by atoms with Gasteiger partial charge in [0.25, 0.3) is 5.91 Å². The van der Waals surface area contributed by atoms with Crippen molar-refractivity contribution < 1.29 is 14.3 Å². The lowest BCUT2D eigenvalue weighted by molar-refractivity contribution is -0.127. The largest absolute Gasteiger partial charge is 0.494 e. The van der Waals surface area contributed by atoms with Gasteiger partial charge in [-0.2, -0.15) is 0 Å². The topological polar surface area (TPSA) is 47.6 Å². The molecule has 0 heterocycles. The van der Waals surface area contributed by atoms with E-state index in [1.165, 1.54) is 11.1 Å². The highest BCUT2D eigenvalue weighted by molar-refractivity contribution is 5.80. The van der Waals surface area contributed by atoms with Crippen molar-refractivity contribution in [3.63, 3.8) is 0 Å². The van der Waals surface area contributed by atoms with Crippen LogP contribution < -0.4 is 14.8 Å². The molecule has 4 heteroatoms. The van der Waals surface area contributed by atoms with Gasteiger partial charge in [0.2, 0.25) is 0 Å². The van der Waals surface area contributed by atoms with Crippen molar-refractivity contribution in [2.24, 2.45) is 0 Å². The molecule has 26 heavy (non-hydrogen) atoms. The number of amides is 1. The highest BCUT2D eigenvalue weighted by atomic mass is 16.5. The SMILES string of the molecule is CCOc1ccc(CCCNC(=O)C(C)Oc2ccc(C)c(C)c2)cc1. The molecule has 0 saturated heterocycles. The highest BCUT2D eigenvalue weighted by Crippen LogP contribution is 2.18. The molecule has 2 rings (SSSR count). The van der Waals surface area contributed by atoms with Gasteiger partial charge >= 0.3 is 0 Å². The van der Waals surface area contributed by atoms with Crippen molar-refractivity contribution >= 4 is 5.91 Å². The molecule has 0 aliphatic rings. The van der Waals surface area contributed by atoms with E-state index >= 15 is 0 Å². The summed E-state index contributed by atoms with van der Waals surface area (Å²) in [6.45, 7) is 9.15. The maximum atomic E-state index is 12.2. The minimum absolute atomic E-state index is 0.0880. The smallest absolute Gasteiger partial charge is 0.260 e. The zero-order valence-electron chi connectivity index (χ0n) is 16.2. The van der Waals surface area contributed by atoms with E-state index in [1.54, 1.807) is 6.92 Å². The van der Waals surface area contributed by atoms with Crippen LogP contribution in [0, 0.1) is 13.8 Å². The summed E-state index contributed by atoms with van der Waals surface area (Å²) >= 11 is 0. The van der Waals surface area contributed by atoms with E-state index in [4.69, 9.17) is 9.47 Å².